The molecule has 0 amide bonds. The molecule has 0 aliphatic rings. The van der Waals surface area contributed by atoms with E-state index in [-0.39, 0.29) is 46.1 Å². The summed E-state index contributed by atoms with van der Waals surface area (Å²) in [7, 11) is -4.26. The third kappa shape index (κ3) is 10.6. The van der Waals surface area contributed by atoms with Crippen LogP contribution in [-0.2, 0) is 35.5 Å². The molecule has 0 aliphatic heterocycles. The molecule has 1 N–H and O–H groups in total. The van der Waals surface area contributed by atoms with Crippen LogP contribution in [0.2, 0.25) is 0 Å². The fourth-order valence-corrected chi connectivity index (χ4v) is 4.48. The summed E-state index contributed by atoms with van der Waals surface area (Å²) in [4.78, 5) is 9.73. The largest absolute Gasteiger partial charge is 0.394 e. The lowest BCUT2D eigenvalue weighted by atomic mass is 10.2. The van der Waals surface area contributed by atoms with Crippen molar-refractivity contribution in [3.05, 3.63) is 70.0 Å². The van der Waals surface area contributed by atoms with Gasteiger partial charge in [-0.2, -0.15) is 4.31 Å². The smallest absolute Gasteiger partial charge is 0.273 e. The zero-order valence-electron chi connectivity index (χ0n) is 19.8. The molecule has 0 saturated heterocycles. The fraction of sp³-hybridized carbons (Fsp3) is 0.478. The van der Waals surface area contributed by atoms with Gasteiger partial charge >= 0.3 is 0 Å². The molecule has 11 nitrogen and oxygen atoms in total. The van der Waals surface area contributed by atoms with Gasteiger partial charge < -0.3 is 24.1 Å². The number of benzene rings is 2. The van der Waals surface area contributed by atoms with Crippen LogP contribution in [0.25, 0.3) is 0 Å². The topological polar surface area (TPSA) is 138 Å². The van der Waals surface area contributed by atoms with Crippen LogP contribution in [0.4, 0.5) is 10.1 Å². The molecule has 0 unspecified atom stereocenters. The number of sulfonamides is 1. The highest BCUT2D eigenvalue weighted by atomic mass is 32.2. The van der Waals surface area contributed by atoms with Crippen LogP contribution in [0.1, 0.15) is 5.56 Å². The molecule has 0 heterocycles. The summed E-state index contributed by atoms with van der Waals surface area (Å²) in [6, 6.07) is 11.1. The second-order valence-corrected chi connectivity index (χ2v) is 9.34. The van der Waals surface area contributed by atoms with Gasteiger partial charge in [0, 0.05) is 19.2 Å². The number of non-ortho nitro benzene ring substituents is 1. The molecule has 200 valence electrons. The van der Waals surface area contributed by atoms with Crippen molar-refractivity contribution < 1.29 is 41.8 Å². The number of nitro groups is 1. The molecule has 0 aliphatic carbocycles. The lowest BCUT2D eigenvalue weighted by Crippen LogP contribution is -2.34. The lowest BCUT2D eigenvalue weighted by molar-refractivity contribution is -0.385. The van der Waals surface area contributed by atoms with Gasteiger partial charge in [-0.05, 0) is 11.6 Å². The Balaban J connectivity index is 1.87. The van der Waals surface area contributed by atoms with Crippen molar-refractivity contribution in [1.29, 1.82) is 0 Å². The molecule has 0 atom stereocenters. The highest BCUT2D eigenvalue weighted by molar-refractivity contribution is 7.89. The SMILES string of the molecule is O=[N+]([O-])c1cc(F)cc(S(=O)(=O)N(CCOCCOCCOCCOCCO)Cc2ccccc2)c1. The Bertz CT molecular complexity index is 1030. The van der Waals surface area contributed by atoms with Crippen molar-refractivity contribution in [2.45, 2.75) is 11.4 Å². The number of nitrogens with zero attached hydrogens (tertiary/aromatic N) is 2. The minimum absolute atomic E-state index is 0.0211. The van der Waals surface area contributed by atoms with Crippen molar-refractivity contribution in [3.8, 4) is 0 Å². The van der Waals surface area contributed by atoms with Gasteiger partial charge in [-0.25, -0.2) is 12.8 Å². The average molecular weight is 531 g/mol. The van der Waals surface area contributed by atoms with Gasteiger partial charge in [0.15, 0.2) is 0 Å². The minimum Gasteiger partial charge on any atom is -0.394 e. The van der Waals surface area contributed by atoms with E-state index in [9.17, 15) is 22.9 Å². The zero-order valence-corrected chi connectivity index (χ0v) is 20.6. The van der Waals surface area contributed by atoms with Crippen molar-refractivity contribution in [2.75, 3.05) is 66.0 Å². The summed E-state index contributed by atoms with van der Waals surface area (Å²) in [5.41, 5.74) is 0.0420. The van der Waals surface area contributed by atoms with Gasteiger partial charge in [0.05, 0.1) is 75.3 Å². The lowest BCUT2D eigenvalue weighted by Gasteiger charge is -2.22. The number of nitro benzene ring substituents is 1. The first kappa shape index (κ1) is 29.7. The second kappa shape index (κ2) is 16.3. The van der Waals surface area contributed by atoms with Crippen LogP contribution in [0.3, 0.4) is 0 Å². The highest BCUT2D eigenvalue weighted by Crippen LogP contribution is 2.24. The molecule has 0 bridgehead atoms. The monoisotopic (exact) mass is 530 g/mol. The van der Waals surface area contributed by atoms with Crippen LogP contribution in [0.15, 0.2) is 53.4 Å². The summed E-state index contributed by atoms with van der Waals surface area (Å²) >= 11 is 0. The van der Waals surface area contributed by atoms with Gasteiger partial charge in [-0.15, -0.1) is 0 Å². The average Bonchev–Trinajstić information content (AvgIpc) is 2.86. The van der Waals surface area contributed by atoms with Crippen molar-refractivity contribution >= 4 is 15.7 Å². The van der Waals surface area contributed by atoms with E-state index in [4.69, 9.17) is 24.1 Å². The summed E-state index contributed by atoms with van der Waals surface area (Å²) < 4.78 is 62.7. The number of aliphatic hydroxyl groups is 1. The highest BCUT2D eigenvalue weighted by Gasteiger charge is 2.27. The Labute approximate surface area is 209 Å². The van der Waals surface area contributed by atoms with E-state index in [0.29, 0.717) is 38.1 Å². The summed E-state index contributed by atoms with van der Waals surface area (Å²) in [5.74, 6) is -1.02. The van der Waals surface area contributed by atoms with Crippen LogP contribution in [0, 0.1) is 15.9 Å². The maximum absolute atomic E-state index is 13.9. The number of ether oxygens (including phenoxy) is 4. The van der Waals surface area contributed by atoms with E-state index in [0.717, 1.165) is 16.4 Å². The molecular formula is C23H31FN2O9S. The molecule has 13 heteroatoms. The number of halogens is 1. The molecule has 0 aromatic heterocycles. The summed E-state index contributed by atoms with van der Waals surface area (Å²) in [5, 5.41) is 19.7. The molecule has 0 radical (unpaired) electrons. The molecule has 36 heavy (non-hydrogen) atoms. The first-order chi connectivity index (χ1) is 17.3. The van der Waals surface area contributed by atoms with E-state index in [1.807, 2.05) is 0 Å². The summed E-state index contributed by atoms with van der Waals surface area (Å²) in [6.07, 6.45) is 0. The Morgan fingerprint density at radius 3 is 1.97 bits per heavy atom. The number of rotatable bonds is 19. The quantitative estimate of drug-likeness (QED) is 0.164. The van der Waals surface area contributed by atoms with Crippen molar-refractivity contribution in [3.63, 3.8) is 0 Å². The third-order valence-electron chi connectivity index (χ3n) is 4.74. The van der Waals surface area contributed by atoms with Crippen LogP contribution < -0.4 is 0 Å². The van der Waals surface area contributed by atoms with Crippen LogP contribution >= 0.6 is 0 Å². The molecule has 0 saturated carbocycles. The van der Waals surface area contributed by atoms with Crippen LogP contribution in [-0.4, -0.2) is 88.8 Å². The maximum atomic E-state index is 13.9. The predicted molar refractivity (Wildman–Crippen MR) is 127 cm³/mol. The van der Waals surface area contributed by atoms with Gasteiger partial charge in [0.1, 0.15) is 5.82 Å². The Hall–Kier alpha value is -2.52. The molecular weight excluding hydrogens is 499 g/mol. The Kier molecular flexibility index (Phi) is 13.4. The standard InChI is InChI=1S/C23H31FN2O9S/c24-21-16-22(26(28)29)18-23(17-21)36(30,31)25(19-20-4-2-1-3-5-20)6-8-32-10-12-34-14-15-35-13-11-33-9-7-27/h1-5,16-18,27H,6-15,19H2. The van der Waals surface area contributed by atoms with Crippen LogP contribution in [0.5, 0.6) is 0 Å². The molecule has 2 aromatic rings. The van der Waals surface area contributed by atoms with Gasteiger partial charge in [0.2, 0.25) is 10.0 Å². The van der Waals surface area contributed by atoms with E-state index < -0.39 is 31.3 Å². The fourth-order valence-electron chi connectivity index (χ4n) is 3.02. The Morgan fingerprint density at radius 1 is 0.861 bits per heavy atom. The minimum atomic E-state index is -4.26. The normalized spacial score (nSPS) is 11.8. The zero-order chi connectivity index (χ0) is 26.2. The van der Waals surface area contributed by atoms with Gasteiger partial charge in [-0.1, -0.05) is 30.3 Å². The molecule has 2 rings (SSSR count). The third-order valence-corrected chi connectivity index (χ3v) is 6.57. The van der Waals surface area contributed by atoms with Gasteiger partial charge in [-0.3, -0.25) is 10.1 Å². The van der Waals surface area contributed by atoms with E-state index >= 15 is 0 Å². The number of hydrogen-bond donors (Lipinski definition) is 1. The first-order valence-electron chi connectivity index (χ1n) is 11.3. The maximum Gasteiger partial charge on any atom is 0.273 e. The second-order valence-electron chi connectivity index (χ2n) is 7.40. The molecule has 0 fully saturated rings. The Morgan fingerprint density at radius 2 is 1.42 bits per heavy atom. The predicted octanol–water partition coefficient (Wildman–Crippen LogP) is 1.98. The molecule has 2 aromatic carbocycles. The molecule has 0 spiro atoms. The number of hydrogen-bond acceptors (Lipinski definition) is 9. The first-order valence-corrected chi connectivity index (χ1v) is 12.7. The van der Waals surface area contributed by atoms with E-state index in [1.165, 1.54) is 0 Å². The van der Waals surface area contributed by atoms with Gasteiger partial charge in [0.25, 0.3) is 5.69 Å². The summed E-state index contributed by atoms with van der Waals surface area (Å²) in [6.45, 7) is 2.15. The van der Waals surface area contributed by atoms with Crippen molar-refractivity contribution in [2.24, 2.45) is 0 Å². The number of aliphatic hydroxyl groups excluding tert-OH is 1. The van der Waals surface area contributed by atoms with E-state index in [2.05, 4.69) is 0 Å². The van der Waals surface area contributed by atoms with E-state index in [1.54, 1.807) is 30.3 Å². The van der Waals surface area contributed by atoms with Crippen molar-refractivity contribution in [1.82, 2.24) is 4.31 Å².